The minimum absolute atomic E-state index is 0.578. The molecule has 5 heteroatoms. The number of benzene rings is 2. The van der Waals surface area contributed by atoms with E-state index in [1.165, 1.54) is 12.1 Å². The highest BCUT2D eigenvalue weighted by molar-refractivity contribution is 5.33. The lowest BCUT2D eigenvalue weighted by molar-refractivity contribution is -0.137. The van der Waals surface area contributed by atoms with E-state index in [2.05, 4.69) is 0 Å². The molecule has 0 saturated carbocycles. The molecule has 2 nitrogen and oxygen atoms in total. The number of hydrogen-bond donors (Lipinski definition) is 1. The summed E-state index contributed by atoms with van der Waals surface area (Å²) in [4.78, 5) is 0. The Morgan fingerprint density at radius 3 is 1.91 bits per heavy atom. The number of halogens is 3. The Morgan fingerprint density at radius 1 is 0.864 bits per heavy atom. The molecule has 2 aromatic rings. The van der Waals surface area contributed by atoms with Crippen molar-refractivity contribution in [3.63, 3.8) is 0 Å². The summed E-state index contributed by atoms with van der Waals surface area (Å²) >= 11 is 0. The van der Waals surface area contributed by atoms with Crippen LogP contribution in [0.5, 0.6) is 5.75 Å². The Balaban J connectivity index is 1.96. The van der Waals surface area contributed by atoms with Crippen LogP contribution in [-0.2, 0) is 12.6 Å². The number of rotatable bonds is 6. The average molecular weight is 309 g/mol. The SMILES string of the molecule is NCCCOc1ccc(Cc2ccc(C(F)(F)F)cc2)cc1. The Bertz CT molecular complexity index is 576. The lowest BCUT2D eigenvalue weighted by atomic mass is 10.0. The summed E-state index contributed by atoms with van der Waals surface area (Å²) in [6, 6.07) is 12.8. The van der Waals surface area contributed by atoms with Crippen LogP contribution in [-0.4, -0.2) is 13.2 Å². The summed E-state index contributed by atoms with van der Waals surface area (Å²) in [6.07, 6.45) is -2.91. The molecular formula is C17H18F3NO. The molecule has 2 N–H and O–H groups in total. The highest BCUT2D eigenvalue weighted by Crippen LogP contribution is 2.29. The van der Waals surface area contributed by atoms with Crippen molar-refractivity contribution in [3.05, 3.63) is 65.2 Å². The van der Waals surface area contributed by atoms with Crippen molar-refractivity contribution >= 4 is 0 Å². The van der Waals surface area contributed by atoms with Gasteiger partial charge in [-0.05, 0) is 54.8 Å². The van der Waals surface area contributed by atoms with Crippen LogP contribution in [0.4, 0.5) is 13.2 Å². The predicted molar refractivity (Wildman–Crippen MR) is 79.9 cm³/mol. The molecule has 118 valence electrons. The Morgan fingerprint density at radius 2 is 1.41 bits per heavy atom. The van der Waals surface area contributed by atoms with Crippen LogP contribution in [0.1, 0.15) is 23.1 Å². The Kier molecular flexibility index (Phi) is 5.44. The van der Waals surface area contributed by atoms with Crippen LogP contribution < -0.4 is 10.5 Å². The first-order valence-corrected chi connectivity index (χ1v) is 7.07. The summed E-state index contributed by atoms with van der Waals surface area (Å²) < 4.78 is 43.0. The van der Waals surface area contributed by atoms with Gasteiger partial charge in [0, 0.05) is 0 Å². The van der Waals surface area contributed by atoms with Gasteiger partial charge in [-0.1, -0.05) is 24.3 Å². The van der Waals surface area contributed by atoms with E-state index in [4.69, 9.17) is 10.5 Å². The van der Waals surface area contributed by atoms with Gasteiger partial charge in [0.1, 0.15) is 5.75 Å². The Labute approximate surface area is 127 Å². The topological polar surface area (TPSA) is 35.2 Å². The lowest BCUT2D eigenvalue weighted by Gasteiger charge is -2.09. The van der Waals surface area contributed by atoms with Gasteiger partial charge in [0.05, 0.1) is 12.2 Å². The Hall–Kier alpha value is -2.01. The van der Waals surface area contributed by atoms with Crippen LogP contribution >= 0.6 is 0 Å². The average Bonchev–Trinajstić information content (AvgIpc) is 2.49. The molecule has 0 aliphatic carbocycles. The van der Waals surface area contributed by atoms with Gasteiger partial charge in [-0.15, -0.1) is 0 Å². The van der Waals surface area contributed by atoms with Gasteiger partial charge >= 0.3 is 6.18 Å². The van der Waals surface area contributed by atoms with Gasteiger partial charge in [-0.3, -0.25) is 0 Å². The number of nitrogens with two attached hydrogens (primary N) is 1. The molecule has 0 atom stereocenters. The molecule has 2 rings (SSSR count). The second-order valence-corrected chi connectivity index (χ2v) is 5.01. The molecule has 0 saturated heterocycles. The molecule has 0 heterocycles. The summed E-state index contributed by atoms with van der Waals surface area (Å²) in [5.41, 5.74) is 6.62. The molecule has 0 radical (unpaired) electrons. The first kappa shape index (κ1) is 16.4. The van der Waals surface area contributed by atoms with Crippen molar-refractivity contribution in [2.75, 3.05) is 13.2 Å². The van der Waals surface area contributed by atoms with Gasteiger partial charge in [0.25, 0.3) is 0 Å². The summed E-state index contributed by atoms with van der Waals surface area (Å²) in [7, 11) is 0. The van der Waals surface area contributed by atoms with Crippen molar-refractivity contribution in [1.82, 2.24) is 0 Å². The van der Waals surface area contributed by atoms with Crippen molar-refractivity contribution in [1.29, 1.82) is 0 Å². The van der Waals surface area contributed by atoms with Gasteiger partial charge in [-0.25, -0.2) is 0 Å². The van der Waals surface area contributed by atoms with Gasteiger partial charge in [0.2, 0.25) is 0 Å². The second kappa shape index (κ2) is 7.31. The smallest absolute Gasteiger partial charge is 0.416 e. The van der Waals surface area contributed by atoms with Crippen LogP contribution in [0.25, 0.3) is 0 Å². The maximum atomic E-state index is 12.5. The van der Waals surface area contributed by atoms with E-state index in [1.807, 2.05) is 24.3 Å². The fourth-order valence-corrected chi connectivity index (χ4v) is 2.02. The van der Waals surface area contributed by atoms with Crippen LogP contribution in [0, 0.1) is 0 Å². The molecule has 0 aliphatic heterocycles. The van der Waals surface area contributed by atoms with E-state index in [0.717, 1.165) is 35.4 Å². The van der Waals surface area contributed by atoms with Crippen LogP contribution in [0.3, 0.4) is 0 Å². The number of alkyl halides is 3. The highest BCUT2D eigenvalue weighted by atomic mass is 19.4. The minimum atomic E-state index is -4.29. The van der Waals surface area contributed by atoms with E-state index in [9.17, 15) is 13.2 Å². The maximum Gasteiger partial charge on any atom is 0.416 e. The van der Waals surface area contributed by atoms with Gasteiger partial charge in [0.15, 0.2) is 0 Å². The quantitative estimate of drug-likeness (QED) is 0.818. The van der Waals surface area contributed by atoms with E-state index >= 15 is 0 Å². The predicted octanol–water partition coefficient (Wildman–Crippen LogP) is 4.02. The number of ether oxygens (including phenoxy) is 1. The first-order valence-electron chi connectivity index (χ1n) is 7.07. The molecule has 0 bridgehead atoms. The summed E-state index contributed by atoms with van der Waals surface area (Å²) in [5.74, 6) is 0.768. The lowest BCUT2D eigenvalue weighted by Crippen LogP contribution is -2.06. The van der Waals surface area contributed by atoms with Crippen LogP contribution in [0.2, 0.25) is 0 Å². The molecule has 2 aromatic carbocycles. The normalized spacial score (nSPS) is 11.5. The van der Waals surface area contributed by atoms with E-state index in [1.54, 1.807) is 0 Å². The zero-order valence-corrected chi connectivity index (χ0v) is 12.1. The molecule has 0 unspecified atom stereocenters. The first-order chi connectivity index (χ1) is 10.5. The van der Waals surface area contributed by atoms with Crippen molar-refractivity contribution in [3.8, 4) is 5.75 Å². The molecule has 0 aromatic heterocycles. The molecule has 22 heavy (non-hydrogen) atoms. The third-order valence-electron chi connectivity index (χ3n) is 3.23. The largest absolute Gasteiger partial charge is 0.494 e. The molecule has 0 spiro atoms. The molecular weight excluding hydrogens is 291 g/mol. The number of hydrogen-bond acceptors (Lipinski definition) is 2. The van der Waals surface area contributed by atoms with E-state index < -0.39 is 11.7 Å². The monoisotopic (exact) mass is 309 g/mol. The summed E-state index contributed by atoms with van der Waals surface area (Å²) in [6.45, 7) is 1.17. The van der Waals surface area contributed by atoms with Gasteiger partial charge < -0.3 is 10.5 Å². The zero-order chi connectivity index (χ0) is 16.0. The molecule has 0 aliphatic rings. The van der Waals surface area contributed by atoms with Crippen molar-refractivity contribution in [2.45, 2.75) is 19.0 Å². The standard InChI is InChI=1S/C17H18F3NO/c18-17(19,20)15-6-2-13(3-7-15)12-14-4-8-16(9-5-14)22-11-1-10-21/h2-9H,1,10-12,21H2. The summed E-state index contributed by atoms with van der Waals surface area (Å²) in [5, 5.41) is 0. The maximum absolute atomic E-state index is 12.5. The zero-order valence-electron chi connectivity index (χ0n) is 12.1. The highest BCUT2D eigenvalue weighted by Gasteiger charge is 2.29. The third kappa shape index (κ3) is 4.77. The van der Waals surface area contributed by atoms with E-state index in [0.29, 0.717) is 19.6 Å². The molecule has 0 fully saturated rings. The second-order valence-electron chi connectivity index (χ2n) is 5.01. The van der Waals surface area contributed by atoms with E-state index in [-0.39, 0.29) is 0 Å². The van der Waals surface area contributed by atoms with Gasteiger partial charge in [-0.2, -0.15) is 13.2 Å². The fraction of sp³-hybridized carbons (Fsp3) is 0.294. The molecule has 0 amide bonds. The van der Waals surface area contributed by atoms with Crippen molar-refractivity contribution < 1.29 is 17.9 Å². The van der Waals surface area contributed by atoms with Crippen LogP contribution in [0.15, 0.2) is 48.5 Å². The minimum Gasteiger partial charge on any atom is -0.494 e. The third-order valence-corrected chi connectivity index (χ3v) is 3.23. The fourth-order valence-electron chi connectivity index (χ4n) is 2.02. The van der Waals surface area contributed by atoms with Crippen molar-refractivity contribution in [2.24, 2.45) is 5.73 Å².